The molecule has 1 aromatic carbocycles. The Morgan fingerprint density at radius 3 is 3.06 bits per heavy atom. The molecule has 1 aromatic rings. The molecular weight excluding hydrogens is 234 g/mol. The van der Waals surface area contributed by atoms with Gasteiger partial charge in [-0.05, 0) is 24.5 Å². The zero-order valence-electron chi connectivity index (χ0n) is 10.1. The fraction of sp³-hybridized carbons (Fsp3) is 0.462. The fourth-order valence-electron chi connectivity index (χ4n) is 2.08. The molecule has 2 rings (SSSR count). The van der Waals surface area contributed by atoms with Crippen LogP contribution in [0.1, 0.15) is 28.8 Å². The van der Waals surface area contributed by atoms with Gasteiger partial charge in [0, 0.05) is 12.3 Å². The summed E-state index contributed by atoms with van der Waals surface area (Å²) in [5.41, 5.74) is 6.65. The highest BCUT2D eigenvalue weighted by Gasteiger charge is 2.17. The monoisotopic (exact) mass is 251 g/mol. The molecule has 5 nitrogen and oxygen atoms in total. The Morgan fingerprint density at radius 1 is 1.56 bits per heavy atom. The molecule has 1 atom stereocenters. The van der Waals surface area contributed by atoms with Crippen LogP contribution >= 0.6 is 0 Å². The van der Waals surface area contributed by atoms with Gasteiger partial charge < -0.3 is 20.3 Å². The third-order valence-corrected chi connectivity index (χ3v) is 2.98. The minimum Gasteiger partial charge on any atom is -0.478 e. The lowest BCUT2D eigenvalue weighted by atomic mass is 10.1. The van der Waals surface area contributed by atoms with E-state index < -0.39 is 5.97 Å². The number of hydrogen-bond donors (Lipinski definition) is 2. The molecule has 1 unspecified atom stereocenters. The Morgan fingerprint density at radius 2 is 2.39 bits per heavy atom. The zero-order valence-corrected chi connectivity index (χ0v) is 10.1. The van der Waals surface area contributed by atoms with Gasteiger partial charge in [-0.3, -0.25) is 0 Å². The van der Waals surface area contributed by atoms with Crippen LogP contribution in [0.2, 0.25) is 0 Å². The van der Waals surface area contributed by atoms with Crippen LogP contribution in [0.3, 0.4) is 0 Å². The van der Waals surface area contributed by atoms with E-state index >= 15 is 0 Å². The third-order valence-electron chi connectivity index (χ3n) is 2.98. The summed E-state index contributed by atoms with van der Waals surface area (Å²) in [6.45, 7) is 1.52. The molecule has 3 N–H and O–H groups in total. The van der Waals surface area contributed by atoms with Crippen molar-refractivity contribution in [2.45, 2.75) is 25.6 Å². The van der Waals surface area contributed by atoms with Gasteiger partial charge in [-0.2, -0.15) is 0 Å². The summed E-state index contributed by atoms with van der Waals surface area (Å²) in [6.07, 6.45) is 2.20. The number of nitrogen functional groups attached to an aromatic ring is 1. The van der Waals surface area contributed by atoms with Crippen LogP contribution in [0.4, 0.5) is 5.69 Å². The van der Waals surface area contributed by atoms with E-state index in [0.29, 0.717) is 12.2 Å². The van der Waals surface area contributed by atoms with Gasteiger partial charge in [0.05, 0.1) is 24.9 Å². The number of ether oxygens (including phenoxy) is 2. The Labute approximate surface area is 106 Å². The van der Waals surface area contributed by atoms with Gasteiger partial charge in [0.2, 0.25) is 0 Å². The molecule has 0 radical (unpaired) electrons. The average Bonchev–Trinajstić information content (AvgIpc) is 2.81. The number of rotatable bonds is 5. The molecule has 0 aromatic heterocycles. The quantitative estimate of drug-likeness (QED) is 0.778. The molecule has 1 fully saturated rings. The summed E-state index contributed by atoms with van der Waals surface area (Å²) in [4.78, 5) is 11.1. The first-order chi connectivity index (χ1) is 8.68. The largest absolute Gasteiger partial charge is 0.478 e. The number of carbonyl (C=O) groups is 1. The predicted molar refractivity (Wildman–Crippen MR) is 66.4 cm³/mol. The molecule has 1 saturated heterocycles. The zero-order chi connectivity index (χ0) is 13.0. The number of aromatic carboxylic acids is 1. The van der Waals surface area contributed by atoms with Crippen LogP contribution in [0.25, 0.3) is 0 Å². The molecule has 0 spiro atoms. The maximum absolute atomic E-state index is 11.1. The Bertz CT molecular complexity index is 427. The Hall–Kier alpha value is -1.59. The molecule has 0 amide bonds. The molecule has 98 valence electrons. The van der Waals surface area contributed by atoms with Crippen molar-refractivity contribution < 1.29 is 19.4 Å². The van der Waals surface area contributed by atoms with Crippen molar-refractivity contribution in [1.29, 1.82) is 0 Å². The van der Waals surface area contributed by atoms with E-state index in [9.17, 15) is 4.79 Å². The number of carboxylic acids is 1. The first-order valence-electron chi connectivity index (χ1n) is 5.98. The van der Waals surface area contributed by atoms with Gasteiger partial charge in [0.15, 0.2) is 0 Å². The van der Waals surface area contributed by atoms with Crippen LogP contribution < -0.4 is 5.73 Å². The van der Waals surface area contributed by atoms with Gasteiger partial charge in [0.1, 0.15) is 0 Å². The number of nitrogens with two attached hydrogens (primary N) is 1. The lowest BCUT2D eigenvalue weighted by Crippen LogP contribution is -2.15. The summed E-state index contributed by atoms with van der Waals surface area (Å²) in [6, 6.07) is 5.02. The first-order valence-corrected chi connectivity index (χ1v) is 5.98. The normalized spacial score (nSPS) is 19.0. The Kier molecular flexibility index (Phi) is 4.17. The minimum absolute atomic E-state index is 0.129. The molecule has 1 aliphatic rings. The van der Waals surface area contributed by atoms with Crippen molar-refractivity contribution in [3.8, 4) is 0 Å². The van der Waals surface area contributed by atoms with Crippen LogP contribution in [-0.2, 0) is 16.1 Å². The molecule has 5 heteroatoms. The van der Waals surface area contributed by atoms with Crippen LogP contribution in [0.15, 0.2) is 18.2 Å². The summed E-state index contributed by atoms with van der Waals surface area (Å²) >= 11 is 0. The van der Waals surface area contributed by atoms with Crippen LogP contribution in [0, 0.1) is 0 Å². The summed E-state index contributed by atoms with van der Waals surface area (Å²) < 4.78 is 10.9. The molecule has 1 heterocycles. The fourth-order valence-corrected chi connectivity index (χ4v) is 2.08. The molecule has 18 heavy (non-hydrogen) atoms. The second-order valence-electron chi connectivity index (χ2n) is 4.34. The summed E-state index contributed by atoms with van der Waals surface area (Å²) in [5.74, 6) is -1.02. The smallest absolute Gasteiger partial charge is 0.338 e. The molecular formula is C13H17NO4. The van der Waals surface area contributed by atoms with Crippen molar-refractivity contribution in [3.05, 3.63) is 29.3 Å². The van der Waals surface area contributed by atoms with E-state index in [1.54, 1.807) is 18.2 Å². The topological polar surface area (TPSA) is 81.8 Å². The van der Waals surface area contributed by atoms with Crippen LogP contribution in [-0.4, -0.2) is 30.4 Å². The summed E-state index contributed by atoms with van der Waals surface area (Å²) in [5, 5.41) is 9.10. The molecule has 1 aliphatic heterocycles. The SMILES string of the molecule is Nc1cccc(COCC2CCCO2)c1C(=O)O. The maximum atomic E-state index is 11.1. The van der Waals surface area contributed by atoms with E-state index in [4.69, 9.17) is 20.3 Å². The number of anilines is 1. The third kappa shape index (κ3) is 3.00. The number of benzene rings is 1. The first kappa shape index (κ1) is 12.9. The highest BCUT2D eigenvalue weighted by atomic mass is 16.5. The van der Waals surface area contributed by atoms with Crippen molar-refractivity contribution in [2.75, 3.05) is 18.9 Å². The molecule has 0 bridgehead atoms. The standard InChI is InChI=1S/C13H17NO4/c14-11-5-1-3-9(12(11)13(15)16)7-17-8-10-4-2-6-18-10/h1,3,5,10H,2,4,6-8,14H2,(H,15,16). The van der Waals surface area contributed by atoms with Gasteiger partial charge in [-0.1, -0.05) is 12.1 Å². The van der Waals surface area contributed by atoms with Crippen molar-refractivity contribution >= 4 is 11.7 Å². The average molecular weight is 251 g/mol. The lowest BCUT2D eigenvalue weighted by Gasteiger charge is -2.12. The van der Waals surface area contributed by atoms with Crippen molar-refractivity contribution in [3.63, 3.8) is 0 Å². The van der Waals surface area contributed by atoms with Crippen molar-refractivity contribution in [2.24, 2.45) is 0 Å². The van der Waals surface area contributed by atoms with E-state index in [2.05, 4.69) is 0 Å². The van der Waals surface area contributed by atoms with Crippen LogP contribution in [0.5, 0.6) is 0 Å². The number of hydrogen-bond acceptors (Lipinski definition) is 4. The Balaban J connectivity index is 1.96. The lowest BCUT2D eigenvalue weighted by molar-refractivity contribution is 0.0103. The van der Waals surface area contributed by atoms with Gasteiger partial charge in [0.25, 0.3) is 0 Å². The highest BCUT2D eigenvalue weighted by molar-refractivity contribution is 5.95. The summed E-state index contributed by atoms with van der Waals surface area (Å²) in [7, 11) is 0. The van der Waals surface area contributed by atoms with E-state index in [1.807, 2.05) is 0 Å². The van der Waals surface area contributed by atoms with Gasteiger partial charge in [-0.15, -0.1) is 0 Å². The molecule has 0 aliphatic carbocycles. The second kappa shape index (κ2) is 5.84. The van der Waals surface area contributed by atoms with E-state index in [1.165, 1.54) is 0 Å². The van der Waals surface area contributed by atoms with E-state index in [0.717, 1.165) is 19.4 Å². The number of carboxylic acid groups (broad SMARTS) is 1. The highest BCUT2D eigenvalue weighted by Crippen LogP contribution is 2.19. The second-order valence-corrected chi connectivity index (χ2v) is 4.34. The van der Waals surface area contributed by atoms with Gasteiger partial charge >= 0.3 is 5.97 Å². The van der Waals surface area contributed by atoms with Gasteiger partial charge in [-0.25, -0.2) is 4.79 Å². The molecule has 0 saturated carbocycles. The minimum atomic E-state index is -1.02. The van der Waals surface area contributed by atoms with Crippen molar-refractivity contribution in [1.82, 2.24) is 0 Å². The predicted octanol–water partition coefficient (Wildman–Crippen LogP) is 1.66. The van der Waals surface area contributed by atoms with E-state index in [-0.39, 0.29) is 24.0 Å². The maximum Gasteiger partial charge on any atom is 0.338 e.